The molecule has 9 nitrogen and oxygen atoms in total. The fourth-order valence-corrected chi connectivity index (χ4v) is 5.33. The highest BCUT2D eigenvalue weighted by Gasteiger charge is 2.27. The number of benzene rings is 1. The highest BCUT2D eigenvalue weighted by atomic mass is 32.1. The summed E-state index contributed by atoms with van der Waals surface area (Å²) >= 11 is 1.31. The van der Waals surface area contributed by atoms with Crippen LogP contribution in [0.25, 0.3) is 17.4 Å². The van der Waals surface area contributed by atoms with Gasteiger partial charge in [0.1, 0.15) is 28.2 Å². The molecule has 3 N–H and O–H groups in total. The Bertz CT molecular complexity index is 1380. The number of primary amides is 1. The summed E-state index contributed by atoms with van der Waals surface area (Å²) in [4.78, 5) is 36.4. The smallest absolute Gasteiger partial charge is 0.270 e. The molecule has 0 saturated carbocycles. The molecule has 2 amide bonds. The Kier molecular flexibility index (Phi) is 6.30. The molecule has 1 aliphatic carbocycles. The first-order valence-electron chi connectivity index (χ1n) is 10.5. The number of nitro groups is 1. The van der Waals surface area contributed by atoms with E-state index >= 15 is 0 Å². The molecule has 1 atom stereocenters. The van der Waals surface area contributed by atoms with Gasteiger partial charge in [-0.1, -0.05) is 19.1 Å². The van der Waals surface area contributed by atoms with Gasteiger partial charge in [-0.15, -0.1) is 11.3 Å². The second-order valence-corrected chi connectivity index (χ2v) is 9.16. The number of nitrogens with one attached hydrogen (secondary N) is 1. The van der Waals surface area contributed by atoms with Gasteiger partial charge in [-0.2, -0.15) is 5.26 Å². The number of fused-ring (bicyclic) bond motifs is 1. The van der Waals surface area contributed by atoms with Crippen LogP contribution in [0.1, 0.15) is 39.9 Å². The number of furan rings is 1. The molecule has 34 heavy (non-hydrogen) atoms. The van der Waals surface area contributed by atoms with Gasteiger partial charge >= 0.3 is 0 Å². The van der Waals surface area contributed by atoms with E-state index in [1.54, 1.807) is 18.2 Å². The molecule has 1 aromatic carbocycles. The molecule has 0 spiro atoms. The maximum Gasteiger partial charge on any atom is 0.270 e. The van der Waals surface area contributed by atoms with E-state index in [0.717, 1.165) is 29.7 Å². The fourth-order valence-electron chi connectivity index (χ4n) is 3.92. The molecule has 10 heteroatoms. The number of carbonyl (C=O) groups excluding carboxylic acids is 2. The third-order valence-electron chi connectivity index (χ3n) is 5.61. The molecule has 3 aromatic rings. The van der Waals surface area contributed by atoms with Gasteiger partial charge in [-0.05, 0) is 42.9 Å². The van der Waals surface area contributed by atoms with E-state index in [1.165, 1.54) is 35.6 Å². The Labute approximate surface area is 198 Å². The fraction of sp³-hybridized carbons (Fsp3) is 0.208. The zero-order valence-corrected chi connectivity index (χ0v) is 19.0. The number of nitrogens with two attached hydrogens (primary N) is 1. The number of amides is 2. The van der Waals surface area contributed by atoms with Crippen LogP contribution >= 0.6 is 11.3 Å². The largest absolute Gasteiger partial charge is 0.457 e. The van der Waals surface area contributed by atoms with Crippen molar-refractivity contribution in [3.63, 3.8) is 0 Å². The highest BCUT2D eigenvalue weighted by molar-refractivity contribution is 7.17. The molecule has 4 rings (SSSR count). The number of hydrogen-bond acceptors (Lipinski definition) is 7. The average molecular weight is 477 g/mol. The number of thiophene rings is 1. The van der Waals surface area contributed by atoms with Crippen LogP contribution in [0.5, 0.6) is 0 Å². The first kappa shape index (κ1) is 22.9. The number of rotatable bonds is 6. The van der Waals surface area contributed by atoms with Gasteiger partial charge in [0.05, 0.1) is 10.5 Å². The predicted molar refractivity (Wildman–Crippen MR) is 127 cm³/mol. The normalized spacial score (nSPS) is 15.3. The maximum absolute atomic E-state index is 12.8. The van der Waals surface area contributed by atoms with Crippen LogP contribution in [0.4, 0.5) is 10.7 Å². The molecule has 0 fully saturated rings. The van der Waals surface area contributed by atoms with Crippen molar-refractivity contribution in [3.05, 3.63) is 73.8 Å². The van der Waals surface area contributed by atoms with Gasteiger partial charge in [0.15, 0.2) is 0 Å². The van der Waals surface area contributed by atoms with Crippen LogP contribution < -0.4 is 11.1 Å². The minimum absolute atomic E-state index is 0.0821. The van der Waals surface area contributed by atoms with Crippen molar-refractivity contribution in [1.29, 1.82) is 5.26 Å². The standard InChI is InChI=1S/C24H20N4O5S/c1-13-5-7-18-20(9-13)34-24(21(18)22(26)29)27-23(30)15(12-25)11-17-6-8-19(33-17)14-3-2-4-16(10-14)28(31)32/h2-4,6,8,10-11,13H,5,7,9H2,1H3,(H2,26,29)(H,27,30). The van der Waals surface area contributed by atoms with Crippen molar-refractivity contribution < 1.29 is 18.9 Å². The number of non-ortho nitro benzene ring substituents is 1. The summed E-state index contributed by atoms with van der Waals surface area (Å²) in [7, 11) is 0. The van der Waals surface area contributed by atoms with E-state index in [9.17, 15) is 25.0 Å². The third-order valence-corrected chi connectivity index (χ3v) is 6.77. The van der Waals surface area contributed by atoms with E-state index in [4.69, 9.17) is 10.2 Å². The molecule has 0 radical (unpaired) electrons. The third kappa shape index (κ3) is 4.60. The molecular weight excluding hydrogens is 456 g/mol. The van der Waals surface area contributed by atoms with Crippen molar-refractivity contribution in [2.24, 2.45) is 11.7 Å². The van der Waals surface area contributed by atoms with Gasteiger partial charge in [0.25, 0.3) is 17.5 Å². The SMILES string of the molecule is CC1CCc2c(sc(NC(=O)C(C#N)=Cc3ccc(-c4cccc([N+](=O)[O-])c4)o3)c2C(N)=O)C1. The molecule has 1 aliphatic rings. The topological polar surface area (TPSA) is 152 Å². The van der Waals surface area contributed by atoms with Gasteiger partial charge in [0, 0.05) is 28.6 Å². The number of nitro benzene ring substituents is 1. The molecule has 172 valence electrons. The summed E-state index contributed by atoms with van der Waals surface area (Å²) in [5, 5.41) is 23.6. The Morgan fingerprint density at radius 1 is 1.35 bits per heavy atom. The second kappa shape index (κ2) is 9.33. The quantitative estimate of drug-likeness (QED) is 0.228. The summed E-state index contributed by atoms with van der Waals surface area (Å²) in [5.41, 5.74) is 6.96. The Hall–Kier alpha value is -4.23. The van der Waals surface area contributed by atoms with Gasteiger partial charge in [0.2, 0.25) is 0 Å². The lowest BCUT2D eigenvalue weighted by molar-refractivity contribution is -0.384. The van der Waals surface area contributed by atoms with Crippen molar-refractivity contribution >= 4 is 39.9 Å². The van der Waals surface area contributed by atoms with Crippen LogP contribution in [0.15, 0.2) is 46.4 Å². The number of hydrogen-bond donors (Lipinski definition) is 2. The van der Waals surface area contributed by atoms with Crippen molar-refractivity contribution in [2.45, 2.75) is 26.2 Å². The minimum atomic E-state index is -0.690. The number of carbonyl (C=O) groups is 2. The van der Waals surface area contributed by atoms with Gasteiger partial charge < -0.3 is 15.5 Å². The van der Waals surface area contributed by atoms with Crippen LogP contribution in [-0.2, 0) is 17.6 Å². The van der Waals surface area contributed by atoms with E-state index in [1.807, 2.05) is 6.07 Å². The first-order chi connectivity index (χ1) is 16.3. The van der Waals surface area contributed by atoms with Crippen molar-refractivity contribution in [2.75, 3.05) is 5.32 Å². The Balaban J connectivity index is 1.58. The maximum atomic E-state index is 12.8. The van der Waals surface area contributed by atoms with Crippen LogP contribution in [0.2, 0.25) is 0 Å². The molecule has 0 bridgehead atoms. The zero-order valence-electron chi connectivity index (χ0n) is 18.2. The van der Waals surface area contributed by atoms with Gasteiger partial charge in [-0.25, -0.2) is 0 Å². The van der Waals surface area contributed by atoms with Crippen LogP contribution in [0.3, 0.4) is 0 Å². The average Bonchev–Trinajstić information content (AvgIpc) is 3.41. The van der Waals surface area contributed by atoms with Gasteiger partial charge in [-0.3, -0.25) is 19.7 Å². The summed E-state index contributed by atoms with van der Waals surface area (Å²) in [6.07, 6.45) is 3.74. The predicted octanol–water partition coefficient (Wildman–Crippen LogP) is 4.69. The molecule has 2 heterocycles. The van der Waals surface area contributed by atoms with E-state index in [-0.39, 0.29) is 17.0 Å². The number of anilines is 1. The summed E-state index contributed by atoms with van der Waals surface area (Å²) in [6.45, 7) is 2.13. The molecule has 0 aliphatic heterocycles. The van der Waals surface area contributed by atoms with E-state index in [2.05, 4.69) is 12.2 Å². The highest BCUT2D eigenvalue weighted by Crippen LogP contribution is 2.39. The zero-order chi connectivity index (χ0) is 24.4. The van der Waals surface area contributed by atoms with E-state index in [0.29, 0.717) is 27.8 Å². The Morgan fingerprint density at radius 3 is 2.85 bits per heavy atom. The molecule has 0 saturated heterocycles. The minimum Gasteiger partial charge on any atom is -0.457 e. The number of nitrogens with zero attached hydrogens (tertiary/aromatic N) is 2. The molecule has 1 unspecified atom stereocenters. The summed E-state index contributed by atoms with van der Waals surface area (Å²) in [5.74, 6) is -0.252. The lowest BCUT2D eigenvalue weighted by Crippen LogP contribution is -2.19. The van der Waals surface area contributed by atoms with Crippen LogP contribution in [-0.4, -0.2) is 16.7 Å². The summed E-state index contributed by atoms with van der Waals surface area (Å²) < 4.78 is 5.68. The lowest BCUT2D eigenvalue weighted by Gasteiger charge is -2.18. The lowest BCUT2D eigenvalue weighted by atomic mass is 9.88. The Morgan fingerprint density at radius 2 is 2.15 bits per heavy atom. The number of nitriles is 1. The summed E-state index contributed by atoms with van der Waals surface area (Å²) in [6, 6.07) is 10.9. The second-order valence-electron chi connectivity index (χ2n) is 8.05. The first-order valence-corrected chi connectivity index (χ1v) is 11.3. The van der Waals surface area contributed by atoms with Crippen LogP contribution in [0, 0.1) is 27.4 Å². The van der Waals surface area contributed by atoms with E-state index < -0.39 is 16.7 Å². The van der Waals surface area contributed by atoms with Crippen molar-refractivity contribution in [1.82, 2.24) is 0 Å². The van der Waals surface area contributed by atoms with Crippen molar-refractivity contribution in [3.8, 4) is 17.4 Å². The molecular formula is C24H20N4O5S. The molecule has 2 aromatic heterocycles. The monoisotopic (exact) mass is 476 g/mol.